The summed E-state index contributed by atoms with van der Waals surface area (Å²) in [5.74, 6) is 0.931. The van der Waals surface area contributed by atoms with E-state index in [4.69, 9.17) is 0 Å². The molecule has 3 fully saturated rings. The Balaban J connectivity index is 1.60. The molecule has 1 saturated carbocycles. The van der Waals surface area contributed by atoms with Gasteiger partial charge in [-0.2, -0.15) is 0 Å². The minimum Gasteiger partial charge on any atom is -0.316 e. The van der Waals surface area contributed by atoms with E-state index in [1.807, 2.05) is 0 Å². The highest BCUT2D eigenvalue weighted by Gasteiger charge is 2.41. The maximum absolute atomic E-state index is 3.57. The zero-order chi connectivity index (χ0) is 11.6. The van der Waals surface area contributed by atoms with Crippen molar-refractivity contribution >= 4 is 0 Å². The summed E-state index contributed by atoms with van der Waals surface area (Å²) in [6.07, 6.45) is 13.2. The number of piperidine rings is 1. The minimum atomic E-state index is 0.649. The Labute approximate surface area is 106 Å². The summed E-state index contributed by atoms with van der Waals surface area (Å²) in [5.41, 5.74) is 0.649. The lowest BCUT2D eigenvalue weighted by atomic mass is 9.79. The third-order valence-corrected chi connectivity index (χ3v) is 5.40. The predicted octanol–water partition coefficient (Wildman–Crippen LogP) is 2.78. The van der Waals surface area contributed by atoms with Crippen LogP contribution in [0.3, 0.4) is 0 Å². The molecule has 2 heteroatoms. The molecule has 3 rings (SSSR count). The van der Waals surface area contributed by atoms with Crippen LogP contribution in [0.5, 0.6) is 0 Å². The molecule has 98 valence electrons. The fourth-order valence-corrected chi connectivity index (χ4v) is 4.45. The van der Waals surface area contributed by atoms with Crippen molar-refractivity contribution in [1.82, 2.24) is 10.2 Å². The van der Waals surface area contributed by atoms with Crippen LogP contribution in [-0.4, -0.2) is 36.6 Å². The molecule has 0 aromatic heterocycles. The van der Waals surface area contributed by atoms with Gasteiger partial charge in [0.05, 0.1) is 0 Å². The monoisotopic (exact) mass is 236 g/mol. The molecule has 2 nitrogen and oxygen atoms in total. The average molecular weight is 236 g/mol. The first-order valence-electron chi connectivity index (χ1n) is 7.85. The number of rotatable bonds is 2. The van der Waals surface area contributed by atoms with E-state index in [0.717, 1.165) is 5.92 Å². The second-order valence-electron chi connectivity index (χ2n) is 6.55. The van der Waals surface area contributed by atoms with E-state index in [0.29, 0.717) is 5.54 Å². The van der Waals surface area contributed by atoms with Crippen molar-refractivity contribution in [3.05, 3.63) is 0 Å². The molecule has 2 heterocycles. The van der Waals surface area contributed by atoms with E-state index < -0.39 is 0 Å². The average Bonchev–Trinajstić information content (AvgIpc) is 2.74. The highest BCUT2D eigenvalue weighted by molar-refractivity contribution is 4.98. The van der Waals surface area contributed by atoms with E-state index in [1.54, 1.807) is 0 Å². The molecule has 1 unspecified atom stereocenters. The van der Waals surface area contributed by atoms with Crippen LogP contribution in [0.25, 0.3) is 0 Å². The van der Waals surface area contributed by atoms with Crippen molar-refractivity contribution in [2.24, 2.45) is 5.92 Å². The van der Waals surface area contributed by atoms with Crippen LogP contribution < -0.4 is 5.32 Å². The van der Waals surface area contributed by atoms with Crippen molar-refractivity contribution in [2.45, 2.75) is 63.3 Å². The molecule has 1 spiro atoms. The first-order chi connectivity index (χ1) is 8.39. The molecule has 1 N–H and O–H groups in total. The lowest BCUT2D eigenvalue weighted by molar-refractivity contribution is 0.0721. The second kappa shape index (κ2) is 5.27. The Morgan fingerprint density at radius 1 is 1.00 bits per heavy atom. The summed E-state index contributed by atoms with van der Waals surface area (Å²) >= 11 is 0. The van der Waals surface area contributed by atoms with Crippen LogP contribution in [0.15, 0.2) is 0 Å². The quantitative estimate of drug-likeness (QED) is 0.793. The molecule has 0 amide bonds. The normalized spacial score (nSPS) is 34.2. The van der Waals surface area contributed by atoms with Gasteiger partial charge in [0.25, 0.3) is 0 Å². The zero-order valence-corrected chi connectivity index (χ0v) is 11.2. The fraction of sp³-hybridized carbons (Fsp3) is 1.00. The topological polar surface area (TPSA) is 15.3 Å². The molecule has 2 saturated heterocycles. The minimum absolute atomic E-state index is 0.649. The molecule has 2 aliphatic heterocycles. The van der Waals surface area contributed by atoms with Crippen molar-refractivity contribution in [1.29, 1.82) is 0 Å². The smallest absolute Gasteiger partial charge is 0.0210 e. The maximum atomic E-state index is 3.57. The first-order valence-corrected chi connectivity index (χ1v) is 7.85. The van der Waals surface area contributed by atoms with Gasteiger partial charge >= 0.3 is 0 Å². The van der Waals surface area contributed by atoms with Crippen LogP contribution in [0, 0.1) is 5.92 Å². The number of likely N-dealkylation sites (tertiary alicyclic amines) is 1. The molecule has 0 radical (unpaired) electrons. The third kappa shape index (κ3) is 2.53. The molecule has 3 aliphatic rings. The Morgan fingerprint density at radius 2 is 1.82 bits per heavy atom. The SMILES string of the molecule is C1CCC2(CC1)CCCN2CC1CCCNC1. The van der Waals surface area contributed by atoms with Gasteiger partial charge in [-0.1, -0.05) is 19.3 Å². The van der Waals surface area contributed by atoms with Crippen LogP contribution in [0.4, 0.5) is 0 Å². The Kier molecular flexibility index (Phi) is 3.72. The van der Waals surface area contributed by atoms with E-state index in [2.05, 4.69) is 10.2 Å². The molecular formula is C15H28N2. The molecular weight excluding hydrogens is 208 g/mol. The number of nitrogens with one attached hydrogen (secondary N) is 1. The standard InChI is InChI=1S/C15H28N2/c1-2-7-15(8-3-1)9-5-11-17(15)13-14-6-4-10-16-12-14/h14,16H,1-13H2. The zero-order valence-electron chi connectivity index (χ0n) is 11.2. The largest absolute Gasteiger partial charge is 0.316 e. The van der Waals surface area contributed by atoms with E-state index >= 15 is 0 Å². The highest BCUT2D eigenvalue weighted by atomic mass is 15.2. The third-order valence-electron chi connectivity index (χ3n) is 5.40. The van der Waals surface area contributed by atoms with Gasteiger partial charge in [0.1, 0.15) is 0 Å². The Morgan fingerprint density at radius 3 is 2.59 bits per heavy atom. The summed E-state index contributed by atoms with van der Waals surface area (Å²) in [6.45, 7) is 5.29. The van der Waals surface area contributed by atoms with Crippen LogP contribution in [0.1, 0.15) is 57.8 Å². The maximum Gasteiger partial charge on any atom is 0.0210 e. The van der Waals surface area contributed by atoms with Crippen molar-refractivity contribution in [3.8, 4) is 0 Å². The van der Waals surface area contributed by atoms with Crippen molar-refractivity contribution < 1.29 is 0 Å². The van der Waals surface area contributed by atoms with Gasteiger partial charge in [0.15, 0.2) is 0 Å². The summed E-state index contributed by atoms with van der Waals surface area (Å²) in [7, 11) is 0. The van der Waals surface area contributed by atoms with Gasteiger partial charge in [0.2, 0.25) is 0 Å². The van der Waals surface area contributed by atoms with Gasteiger partial charge in [-0.25, -0.2) is 0 Å². The van der Waals surface area contributed by atoms with Gasteiger partial charge in [0, 0.05) is 12.1 Å². The summed E-state index contributed by atoms with van der Waals surface area (Å²) < 4.78 is 0. The number of hydrogen-bond acceptors (Lipinski definition) is 2. The van der Waals surface area contributed by atoms with Gasteiger partial charge in [-0.15, -0.1) is 0 Å². The molecule has 0 aromatic rings. The van der Waals surface area contributed by atoms with E-state index in [1.165, 1.54) is 84.0 Å². The lowest BCUT2D eigenvalue weighted by Crippen LogP contribution is -2.49. The van der Waals surface area contributed by atoms with Crippen LogP contribution in [-0.2, 0) is 0 Å². The Bertz CT molecular complexity index is 239. The molecule has 17 heavy (non-hydrogen) atoms. The highest BCUT2D eigenvalue weighted by Crippen LogP contribution is 2.42. The second-order valence-corrected chi connectivity index (χ2v) is 6.55. The van der Waals surface area contributed by atoms with Crippen LogP contribution in [0.2, 0.25) is 0 Å². The van der Waals surface area contributed by atoms with E-state index in [-0.39, 0.29) is 0 Å². The van der Waals surface area contributed by atoms with Crippen molar-refractivity contribution in [3.63, 3.8) is 0 Å². The fourth-order valence-electron chi connectivity index (χ4n) is 4.45. The lowest BCUT2D eigenvalue weighted by Gasteiger charge is -2.43. The predicted molar refractivity (Wildman–Crippen MR) is 72.2 cm³/mol. The van der Waals surface area contributed by atoms with Gasteiger partial charge in [-0.3, -0.25) is 4.90 Å². The van der Waals surface area contributed by atoms with Crippen LogP contribution >= 0.6 is 0 Å². The summed E-state index contributed by atoms with van der Waals surface area (Å²) in [5, 5.41) is 3.57. The van der Waals surface area contributed by atoms with Gasteiger partial charge in [-0.05, 0) is 64.1 Å². The summed E-state index contributed by atoms with van der Waals surface area (Å²) in [4.78, 5) is 2.89. The first kappa shape index (κ1) is 12.0. The van der Waals surface area contributed by atoms with Gasteiger partial charge < -0.3 is 5.32 Å². The molecule has 0 aromatic carbocycles. The molecule has 1 aliphatic carbocycles. The Hall–Kier alpha value is -0.0800. The number of nitrogens with zero attached hydrogens (tertiary/aromatic N) is 1. The molecule has 0 bridgehead atoms. The number of hydrogen-bond donors (Lipinski definition) is 1. The molecule has 1 atom stereocenters. The summed E-state index contributed by atoms with van der Waals surface area (Å²) in [6, 6.07) is 0. The van der Waals surface area contributed by atoms with Crippen molar-refractivity contribution in [2.75, 3.05) is 26.2 Å². The van der Waals surface area contributed by atoms with E-state index in [9.17, 15) is 0 Å².